The average Bonchev–Trinajstić information content (AvgIpc) is 3.05. The van der Waals surface area contributed by atoms with E-state index in [0.29, 0.717) is 25.3 Å². The second-order valence-electron chi connectivity index (χ2n) is 5.42. The van der Waals surface area contributed by atoms with Gasteiger partial charge in [0.1, 0.15) is 5.69 Å². The summed E-state index contributed by atoms with van der Waals surface area (Å²) < 4.78 is 34.7. The van der Waals surface area contributed by atoms with Crippen LogP contribution in [0.2, 0.25) is 0 Å². The van der Waals surface area contributed by atoms with Crippen LogP contribution in [0.3, 0.4) is 0 Å². The maximum atomic E-state index is 12.5. The van der Waals surface area contributed by atoms with Crippen molar-refractivity contribution in [3.05, 3.63) is 39.8 Å². The first-order valence-corrected chi connectivity index (χ1v) is 8.93. The van der Waals surface area contributed by atoms with Crippen LogP contribution in [0, 0.1) is 0 Å². The van der Waals surface area contributed by atoms with Gasteiger partial charge in [0.25, 0.3) is 5.91 Å². The van der Waals surface area contributed by atoms with Crippen LogP contribution in [0.15, 0.2) is 23.6 Å². The van der Waals surface area contributed by atoms with Crippen molar-refractivity contribution in [2.75, 3.05) is 20.2 Å². The molecule has 0 unspecified atom stereocenters. The van der Waals surface area contributed by atoms with Gasteiger partial charge in [-0.15, -0.1) is 11.3 Å². The highest BCUT2D eigenvalue weighted by Crippen LogP contribution is 2.30. The molecule has 0 aliphatic heterocycles. The van der Waals surface area contributed by atoms with Crippen LogP contribution in [0.5, 0.6) is 11.5 Å². The number of benzene rings is 1. The summed E-state index contributed by atoms with van der Waals surface area (Å²) in [6, 6.07) is 4.61. The van der Waals surface area contributed by atoms with E-state index in [0.717, 1.165) is 10.6 Å². The third kappa shape index (κ3) is 5.37. The van der Waals surface area contributed by atoms with Gasteiger partial charge in [0.2, 0.25) is 0 Å². The molecule has 0 atom stereocenters. The number of nitrogens with zero attached hydrogens (tertiary/aromatic N) is 2. The molecule has 0 saturated carbocycles. The van der Waals surface area contributed by atoms with E-state index >= 15 is 0 Å². The topological polar surface area (TPSA) is 77.7 Å². The van der Waals surface area contributed by atoms with Crippen molar-refractivity contribution in [2.24, 2.45) is 5.73 Å². The van der Waals surface area contributed by atoms with E-state index in [9.17, 15) is 13.6 Å². The van der Waals surface area contributed by atoms with Gasteiger partial charge in [-0.3, -0.25) is 4.79 Å². The van der Waals surface area contributed by atoms with Gasteiger partial charge in [-0.2, -0.15) is 8.78 Å². The number of rotatable bonds is 9. The number of carbonyl (C=O) groups excluding carboxylic acids is 1. The molecule has 1 aromatic carbocycles. The van der Waals surface area contributed by atoms with Crippen molar-refractivity contribution >= 4 is 17.2 Å². The first-order chi connectivity index (χ1) is 12.4. The van der Waals surface area contributed by atoms with Crippen LogP contribution >= 0.6 is 11.3 Å². The Balaban J connectivity index is 2.10. The van der Waals surface area contributed by atoms with E-state index in [4.69, 9.17) is 10.5 Å². The Morgan fingerprint density at radius 1 is 1.38 bits per heavy atom. The summed E-state index contributed by atoms with van der Waals surface area (Å²) in [5.41, 5.74) is 6.58. The molecule has 26 heavy (non-hydrogen) atoms. The summed E-state index contributed by atoms with van der Waals surface area (Å²) in [6.45, 7) is -0.130. The monoisotopic (exact) mass is 385 g/mol. The van der Waals surface area contributed by atoms with Crippen LogP contribution in [0.1, 0.15) is 28.0 Å². The molecule has 2 aromatic rings. The number of aromatic nitrogens is 1. The number of thiazole rings is 1. The van der Waals surface area contributed by atoms with Crippen LogP contribution < -0.4 is 15.2 Å². The predicted molar refractivity (Wildman–Crippen MR) is 94.9 cm³/mol. The number of carbonyl (C=O) groups is 1. The minimum absolute atomic E-state index is 0.0366. The lowest BCUT2D eigenvalue weighted by molar-refractivity contribution is -0.0514. The van der Waals surface area contributed by atoms with Gasteiger partial charge in [-0.1, -0.05) is 6.07 Å². The highest BCUT2D eigenvalue weighted by Gasteiger charge is 2.17. The van der Waals surface area contributed by atoms with Crippen molar-refractivity contribution in [3.8, 4) is 11.5 Å². The minimum atomic E-state index is -2.93. The second kappa shape index (κ2) is 9.44. The molecular formula is C17H21F2N3O3S. The first kappa shape index (κ1) is 20.1. The Hall–Kier alpha value is -2.26. The number of nitrogens with two attached hydrogens (primary N) is 1. The largest absolute Gasteiger partial charge is 0.490 e. The van der Waals surface area contributed by atoms with E-state index in [1.165, 1.54) is 22.3 Å². The molecule has 0 aliphatic carbocycles. The van der Waals surface area contributed by atoms with Crippen molar-refractivity contribution in [1.29, 1.82) is 0 Å². The smallest absolute Gasteiger partial charge is 0.387 e. The molecule has 1 heterocycles. The standard InChI is InChI=1S/C17H21F2N3O3S/c1-3-24-14-8-11(4-5-13(14)25-17(18)19)9-22(2)16(23)12-10-26-15(21-12)6-7-20/h4-5,8,10,17H,3,6-7,9,20H2,1-2H3. The molecule has 6 nitrogen and oxygen atoms in total. The molecule has 2 N–H and O–H groups in total. The van der Waals surface area contributed by atoms with E-state index in [-0.39, 0.29) is 24.0 Å². The number of amides is 1. The van der Waals surface area contributed by atoms with Crippen molar-refractivity contribution in [2.45, 2.75) is 26.5 Å². The van der Waals surface area contributed by atoms with Crippen molar-refractivity contribution in [1.82, 2.24) is 9.88 Å². The second-order valence-corrected chi connectivity index (χ2v) is 6.36. The summed E-state index contributed by atoms with van der Waals surface area (Å²) in [4.78, 5) is 18.2. The zero-order chi connectivity index (χ0) is 19.1. The molecule has 0 fully saturated rings. The third-order valence-corrected chi connectivity index (χ3v) is 4.33. The Labute approximate surface area is 154 Å². The zero-order valence-electron chi connectivity index (χ0n) is 14.6. The van der Waals surface area contributed by atoms with Gasteiger partial charge in [0, 0.05) is 25.4 Å². The zero-order valence-corrected chi connectivity index (χ0v) is 15.4. The summed E-state index contributed by atoms with van der Waals surface area (Å²) >= 11 is 1.40. The fourth-order valence-electron chi connectivity index (χ4n) is 2.30. The van der Waals surface area contributed by atoms with Gasteiger partial charge in [-0.05, 0) is 31.2 Å². The molecule has 9 heteroatoms. The minimum Gasteiger partial charge on any atom is -0.490 e. The maximum absolute atomic E-state index is 12.5. The lowest BCUT2D eigenvalue weighted by Crippen LogP contribution is -2.26. The Morgan fingerprint density at radius 3 is 2.81 bits per heavy atom. The Morgan fingerprint density at radius 2 is 2.15 bits per heavy atom. The van der Waals surface area contributed by atoms with Crippen molar-refractivity contribution < 1.29 is 23.0 Å². The molecular weight excluding hydrogens is 364 g/mol. The predicted octanol–water partition coefficient (Wildman–Crippen LogP) is 2.92. The summed E-state index contributed by atoms with van der Waals surface area (Å²) in [7, 11) is 1.65. The van der Waals surface area contributed by atoms with Gasteiger partial charge >= 0.3 is 6.61 Å². The summed E-state index contributed by atoms with van der Waals surface area (Å²) in [5, 5.41) is 2.52. The SMILES string of the molecule is CCOc1cc(CN(C)C(=O)c2csc(CCN)n2)ccc1OC(F)F. The molecule has 142 valence electrons. The molecule has 1 amide bonds. The lowest BCUT2D eigenvalue weighted by atomic mass is 10.2. The molecule has 0 bridgehead atoms. The van der Waals surface area contributed by atoms with Crippen LogP contribution in [-0.2, 0) is 13.0 Å². The van der Waals surface area contributed by atoms with E-state index < -0.39 is 6.61 Å². The van der Waals surface area contributed by atoms with E-state index in [1.54, 1.807) is 31.5 Å². The van der Waals surface area contributed by atoms with Crippen LogP contribution in [0.4, 0.5) is 8.78 Å². The van der Waals surface area contributed by atoms with E-state index in [2.05, 4.69) is 9.72 Å². The quantitative estimate of drug-likeness (QED) is 0.718. The molecule has 0 saturated heterocycles. The van der Waals surface area contributed by atoms with Crippen molar-refractivity contribution in [3.63, 3.8) is 0 Å². The number of halogens is 2. The number of hydrogen-bond donors (Lipinski definition) is 1. The van der Waals surface area contributed by atoms with Crippen LogP contribution in [-0.4, -0.2) is 42.6 Å². The molecule has 2 rings (SSSR count). The Bertz CT molecular complexity index is 740. The summed E-state index contributed by atoms with van der Waals surface area (Å²) in [6.07, 6.45) is 0.630. The Kier molecular flexibility index (Phi) is 7.28. The lowest BCUT2D eigenvalue weighted by Gasteiger charge is -2.18. The van der Waals surface area contributed by atoms with E-state index in [1.807, 2.05) is 0 Å². The number of hydrogen-bond acceptors (Lipinski definition) is 6. The third-order valence-electron chi connectivity index (χ3n) is 3.42. The van der Waals surface area contributed by atoms with Gasteiger partial charge in [0.15, 0.2) is 11.5 Å². The van der Waals surface area contributed by atoms with Gasteiger partial charge < -0.3 is 20.1 Å². The highest BCUT2D eigenvalue weighted by molar-refractivity contribution is 7.09. The average molecular weight is 385 g/mol. The molecule has 0 aliphatic rings. The fraction of sp³-hybridized carbons (Fsp3) is 0.412. The maximum Gasteiger partial charge on any atom is 0.387 e. The number of alkyl halides is 2. The highest BCUT2D eigenvalue weighted by atomic mass is 32.1. The normalized spacial score (nSPS) is 10.8. The van der Waals surface area contributed by atoms with Gasteiger partial charge in [-0.25, -0.2) is 4.98 Å². The molecule has 1 aromatic heterocycles. The first-order valence-electron chi connectivity index (χ1n) is 8.05. The molecule has 0 spiro atoms. The fourth-order valence-corrected chi connectivity index (χ4v) is 3.09. The summed E-state index contributed by atoms with van der Waals surface area (Å²) in [5.74, 6) is -0.0501. The number of ether oxygens (including phenoxy) is 2. The van der Waals surface area contributed by atoms with Gasteiger partial charge in [0.05, 0.1) is 11.6 Å². The molecule has 0 radical (unpaired) electrons. The van der Waals surface area contributed by atoms with Crippen LogP contribution in [0.25, 0.3) is 0 Å².